The fourth-order valence-electron chi connectivity index (χ4n) is 3.14. The average Bonchev–Trinajstić information content (AvgIpc) is 3.28. The molecular weight excluding hydrogens is 394 g/mol. The van der Waals surface area contributed by atoms with Gasteiger partial charge >= 0.3 is 5.97 Å². The molecular formula is C20H23N3O5S. The summed E-state index contributed by atoms with van der Waals surface area (Å²) >= 11 is 1.23. The van der Waals surface area contributed by atoms with Gasteiger partial charge in [0.2, 0.25) is 11.8 Å². The molecule has 8 nitrogen and oxygen atoms in total. The van der Waals surface area contributed by atoms with Gasteiger partial charge in [0.05, 0.1) is 37.4 Å². The molecule has 1 aromatic carbocycles. The van der Waals surface area contributed by atoms with Crippen LogP contribution in [0.5, 0.6) is 5.75 Å². The highest BCUT2D eigenvalue weighted by molar-refractivity contribution is 7.13. The molecule has 2 amide bonds. The lowest BCUT2D eigenvalue weighted by Gasteiger charge is -2.20. The number of nitrogens with zero attached hydrogens (tertiary/aromatic N) is 2. The van der Waals surface area contributed by atoms with E-state index < -0.39 is 5.92 Å². The zero-order valence-corrected chi connectivity index (χ0v) is 17.4. The Morgan fingerprint density at radius 1 is 1.38 bits per heavy atom. The molecule has 3 rings (SSSR count). The second-order valence-corrected chi connectivity index (χ2v) is 7.55. The third-order valence-corrected chi connectivity index (χ3v) is 5.34. The molecule has 1 unspecified atom stereocenters. The van der Waals surface area contributed by atoms with Gasteiger partial charge in [-0.2, -0.15) is 0 Å². The van der Waals surface area contributed by atoms with Crippen LogP contribution in [0.15, 0.2) is 23.6 Å². The number of methoxy groups -OCH3 is 1. The van der Waals surface area contributed by atoms with E-state index in [1.807, 2.05) is 25.1 Å². The number of thiazole rings is 1. The minimum atomic E-state index is -0.495. The number of benzene rings is 1. The Morgan fingerprint density at radius 2 is 2.17 bits per heavy atom. The molecule has 0 aliphatic carbocycles. The minimum absolute atomic E-state index is 0.0586. The van der Waals surface area contributed by atoms with Gasteiger partial charge in [0.25, 0.3) is 0 Å². The van der Waals surface area contributed by atoms with Crippen LogP contribution in [0, 0.1) is 12.8 Å². The Labute approximate surface area is 172 Å². The van der Waals surface area contributed by atoms with Crippen molar-refractivity contribution in [2.45, 2.75) is 26.7 Å². The highest BCUT2D eigenvalue weighted by Crippen LogP contribution is 2.34. The predicted octanol–water partition coefficient (Wildman–Crippen LogP) is 2.56. The molecule has 0 radical (unpaired) electrons. The normalized spacial score (nSPS) is 16.0. The molecule has 154 valence electrons. The summed E-state index contributed by atoms with van der Waals surface area (Å²) in [6.45, 7) is 4.25. The Balaban J connectivity index is 1.65. The summed E-state index contributed by atoms with van der Waals surface area (Å²) in [5, 5.41) is 4.85. The molecule has 1 saturated heterocycles. The standard InChI is InChI=1S/C20H23N3O5S/c1-4-28-18(25)9-14-11-29-20(21-14)22-19(26)13-8-17(24)23(10-13)15-7-12(2)5-6-16(15)27-3/h5-7,11,13H,4,8-10H2,1-3H3,(H,21,22,26). The van der Waals surface area contributed by atoms with Crippen molar-refractivity contribution in [3.8, 4) is 5.75 Å². The smallest absolute Gasteiger partial charge is 0.311 e. The lowest BCUT2D eigenvalue weighted by molar-refractivity contribution is -0.142. The number of nitrogens with one attached hydrogen (secondary N) is 1. The van der Waals surface area contributed by atoms with Gasteiger partial charge in [-0.05, 0) is 31.5 Å². The Hall–Kier alpha value is -2.94. The van der Waals surface area contributed by atoms with Gasteiger partial charge in [-0.15, -0.1) is 11.3 Å². The maximum atomic E-state index is 12.6. The molecule has 1 N–H and O–H groups in total. The van der Waals surface area contributed by atoms with E-state index in [0.717, 1.165) is 5.56 Å². The lowest BCUT2D eigenvalue weighted by atomic mass is 10.1. The van der Waals surface area contributed by atoms with Gasteiger partial charge in [0, 0.05) is 18.3 Å². The molecule has 0 spiro atoms. The highest BCUT2D eigenvalue weighted by Gasteiger charge is 2.36. The van der Waals surface area contributed by atoms with Gasteiger partial charge in [0.15, 0.2) is 5.13 Å². The maximum Gasteiger partial charge on any atom is 0.311 e. The highest BCUT2D eigenvalue weighted by atomic mass is 32.1. The number of hydrogen-bond donors (Lipinski definition) is 1. The van der Waals surface area contributed by atoms with Crippen LogP contribution < -0.4 is 15.0 Å². The summed E-state index contributed by atoms with van der Waals surface area (Å²) < 4.78 is 10.3. The summed E-state index contributed by atoms with van der Waals surface area (Å²) in [6, 6.07) is 5.59. The molecule has 2 heterocycles. The predicted molar refractivity (Wildman–Crippen MR) is 109 cm³/mol. The van der Waals surface area contributed by atoms with Crippen molar-refractivity contribution in [2.24, 2.45) is 5.92 Å². The largest absolute Gasteiger partial charge is 0.495 e. The molecule has 1 atom stereocenters. The second-order valence-electron chi connectivity index (χ2n) is 6.70. The molecule has 9 heteroatoms. The van der Waals surface area contributed by atoms with Crippen molar-refractivity contribution >= 4 is 39.9 Å². The van der Waals surface area contributed by atoms with Crippen molar-refractivity contribution < 1.29 is 23.9 Å². The van der Waals surface area contributed by atoms with E-state index in [0.29, 0.717) is 28.9 Å². The molecule has 1 aliphatic heterocycles. The van der Waals surface area contributed by atoms with Crippen LogP contribution in [-0.4, -0.2) is 43.0 Å². The van der Waals surface area contributed by atoms with Gasteiger partial charge in [0.1, 0.15) is 5.75 Å². The first kappa shape index (κ1) is 20.8. The second kappa shape index (κ2) is 9.04. The molecule has 29 heavy (non-hydrogen) atoms. The molecule has 0 bridgehead atoms. The quantitative estimate of drug-likeness (QED) is 0.696. The van der Waals surface area contributed by atoms with Crippen molar-refractivity contribution in [2.75, 3.05) is 30.5 Å². The third kappa shape index (κ3) is 4.92. The zero-order valence-electron chi connectivity index (χ0n) is 16.6. The number of carbonyl (C=O) groups excluding carboxylic acids is 3. The van der Waals surface area contributed by atoms with Gasteiger partial charge in [-0.3, -0.25) is 14.4 Å². The maximum absolute atomic E-state index is 12.6. The first-order chi connectivity index (χ1) is 13.9. The summed E-state index contributed by atoms with van der Waals surface area (Å²) in [7, 11) is 1.55. The molecule has 1 aromatic heterocycles. The van der Waals surface area contributed by atoms with E-state index in [2.05, 4.69) is 10.3 Å². The zero-order chi connectivity index (χ0) is 21.0. The molecule has 1 aliphatic rings. The van der Waals surface area contributed by atoms with Gasteiger partial charge in [-0.25, -0.2) is 4.98 Å². The van der Waals surface area contributed by atoms with E-state index in [-0.39, 0.29) is 37.2 Å². The number of aromatic nitrogens is 1. The third-order valence-electron chi connectivity index (χ3n) is 4.53. The number of esters is 1. The van der Waals surface area contributed by atoms with Crippen LogP contribution in [0.25, 0.3) is 0 Å². The molecule has 0 saturated carbocycles. The number of hydrogen-bond acceptors (Lipinski definition) is 7. The summed E-state index contributed by atoms with van der Waals surface area (Å²) in [5.74, 6) is -0.667. The van der Waals surface area contributed by atoms with E-state index >= 15 is 0 Å². The number of anilines is 2. The Morgan fingerprint density at radius 3 is 2.90 bits per heavy atom. The lowest BCUT2D eigenvalue weighted by Crippen LogP contribution is -2.28. The Kier molecular flexibility index (Phi) is 6.48. The van der Waals surface area contributed by atoms with E-state index in [4.69, 9.17) is 9.47 Å². The number of carbonyl (C=O) groups is 3. The number of aryl methyl sites for hydroxylation is 1. The van der Waals surface area contributed by atoms with Crippen LogP contribution in [0.4, 0.5) is 10.8 Å². The van der Waals surface area contributed by atoms with Crippen LogP contribution in [0.1, 0.15) is 24.6 Å². The SMILES string of the molecule is CCOC(=O)Cc1csc(NC(=O)C2CC(=O)N(c3cc(C)ccc3OC)C2)n1. The van der Waals surface area contributed by atoms with E-state index in [9.17, 15) is 14.4 Å². The van der Waals surface area contributed by atoms with E-state index in [1.165, 1.54) is 11.3 Å². The average molecular weight is 417 g/mol. The molecule has 1 fully saturated rings. The summed E-state index contributed by atoms with van der Waals surface area (Å²) in [5.41, 5.74) is 2.20. The van der Waals surface area contributed by atoms with Crippen molar-refractivity contribution in [1.82, 2.24) is 4.98 Å². The van der Waals surface area contributed by atoms with Crippen LogP contribution >= 0.6 is 11.3 Å². The number of amides is 2. The van der Waals surface area contributed by atoms with Crippen molar-refractivity contribution in [1.29, 1.82) is 0 Å². The first-order valence-corrected chi connectivity index (χ1v) is 10.1. The Bertz CT molecular complexity index is 927. The monoisotopic (exact) mass is 417 g/mol. The van der Waals surface area contributed by atoms with Crippen LogP contribution in [0.2, 0.25) is 0 Å². The molecule has 2 aromatic rings. The summed E-state index contributed by atoms with van der Waals surface area (Å²) in [6.07, 6.45) is 0.174. The topological polar surface area (TPSA) is 97.8 Å². The fourth-order valence-corrected chi connectivity index (χ4v) is 3.85. The number of rotatable bonds is 7. The fraction of sp³-hybridized carbons (Fsp3) is 0.400. The van der Waals surface area contributed by atoms with Crippen LogP contribution in [-0.2, 0) is 25.5 Å². The van der Waals surface area contributed by atoms with Crippen molar-refractivity contribution in [3.63, 3.8) is 0 Å². The summed E-state index contributed by atoms with van der Waals surface area (Å²) in [4.78, 5) is 42.6. The van der Waals surface area contributed by atoms with E-state index in [1.54, 1.807) is 24.3 Å². The number of ether oxygens (including phenoxy) is 2. The van der Waals surface area contributed by atoms with Gasteiger partial charge < -0.3 is 19.7 Å². The van der Waals surface area contributed by atoms with Gasteiger partial charge in [-0.1, -0.05) is 6.07 Å². The minimum Gasteiger partial charge on any atom is -0.495 e. The van der Waals surface area contributed by atoms with Crippen LogP contribution in [0.3, 0.4) is 0 Å². The van der Waals surface area contributed by atoms with Crippen molar-refractivity contribution in [3.05, 3.63) is 34.8 Å². The first-order valence-electron chi connectivity index (χ1n) is 9.27.